The number of pyridine rings is 1. The molecule has 0 saturated heterocycles. The van der Waals surface area contributed by atoms with Crippen molar-refractivity contribution in [3.05, 3.63) is 70.1 Å². The van der Waals surface area contributed by atoms with Gasteiger partial charge in [-0.2, -0.15) is 5.10 Å². The predicted molar refractivity (Wildman–Crippen MR) is 97.1 cm³/mol. The fourth-order valence-electron chi connectivity index (χ4n) is 2.33. The second-order valence-corrected chi connectivity index (χ2v) is 6.60. The molecule has 0 aromatic carbocycles. The van der Waals surface area contributed by atoms with Gasteiger partial charge in [0.05, 0.1) is 29.6 Å². The average Bonchev–Trinajstić information content (AvgIpc) is 3.17. The Kier molecular flexibility index (Phi) is 5.35. The summed E-state index contributed by atoms with van der Waals surface area (Å²) in [6.07, 6.45) is 1.68. The number of rotatable bonds is 6. The van der Waals surface area contributed by atoms with Gasteiger partial charge in [0, 0.05) is 12.3 Å². The molecule has 0 radical (unpaired) electrons. The van der Waals surface area contributed by atoms with E-state index in [1.807, 2.05) is 35.7 Å². The minimum absolute atomic E-state index is 0.138. The van der Waals surface area contributed by atoms with Crippen molar-refractivity contribution >= 4 is 17.2 Å². The van der Waals surface area contributed by atoms with Crippen LogP contribution in [0.15, 0.2) is 58.8 Å². The summed E-state index contributed by atoms with van der Waals surface area (Å²) >= 11 is 1.56. The molecule has 6 nitrogen and oxygen atoms in total. The smallest absolute Gasteiger partial charge is 0.266 e. The van der Waals surface area contributed by atoms with Crippen LogP contribution in [-0.4, -0.2) is 20.7 Å². The van der Waals surface area contributed by atoms with Crippen LogP contribution in [0.5, 0.6) is 0 Å². The summed E-state index contributed by atoms with van der Waals surface area (Å²) in [4.78, 5) is 29.5. The van der Waals surface area contributed by atoms with Crippen molar-refractivity contribution < 1.29 is 4.79 Å². The van der Waals surface area contributed by atoms with E-state index in [1.165, 1.54) is 10.7 Å². The zero-order valence-corrected chi connectivity index (χ0v) is 14.6. The largest absolute Gasteiger partial charge is 0.350 e. The van der Waals surface area contributed by atoms with E-state index in [2.05, 4.69) is 15.4 Å². The number of carbonyl (C=O) groups is 1. The monoisotopic (exact) mass is 354 g/mol. The number of hydrogen-bond acceptors (Lipinski definition) is 5. The molecule has 1 N–H and O–H groups in total. The SMILES string of the molecule is CC(Cn1nc(-c2cccs2)ccc1=O)C(=O)NCc1ccccn1. The Bertz CT molecular complexity index is 891. The van der Waals surface area contributed by atoms with Gasteiger partial charge < -0.3 is 5.32 Å². The van der Waals surface area contributed by atoms with Gasteiger partial charge in [-0.25, -0.2) is 4.68 Å². The normalized spacial score (nSPS) is 11.9. The lowest BCUT2D eigenvalue weighted by molar-refractivity contribution is -0.125. The third-order valence-electron chi connectivity index (χ3n) is 3.70. The van der Waals surface area contributed by atoms with Gasteiger partial charge in [0.1, 0.15) is 5.69 Å². The number of aromatic nitrogens is 3. The van der Waals surface area contributed by atoms with Crippen molar-refractivity contribution in [2.45, 2.75) is 20.0 Å². The topological polar surface area (TPSA) is 76.9 Å². The molecular weight excluding hydrogens is 336 g/mol. The third-order valence-corrected chi connectivity index (χ3v) is 4.60. The van der Waals surface area contributed by atoms with Crippen molar-refractivity contribution in [3.8, 4) is 10.6 Å². The number of carbonyl (C=O) groups excluding carboxylic acids is 1. The summed E-state index contributed by atoms with van der Waals surface area (Å²) in [5.74, 6) is -0.520. The first-order valence-electron chi connectivity index (χ1n) is 7.93. The summed E-state index contributed by atoms with van der Waals surface area (Å²) in [6, 6.07) is 12.6. The second-order valence-electron chi connectivity index (χ2n) is 5.66. The number of amides is 1. The predicted octanol–water partition coefficient (Wildman–Crippen LogP) is 2.32. The Morgan fingerprint density at radius 3 is 2.84 bits per heavy atom. The highest BCUT2D eigenvalue weighted by molar-refractivity contribution is 7.13. The van der Waals surface area contributed by atoms with Crippen LogP contribution in [0.25, 0.3) is 10.6 Å². The first-order valence-corrected chi connectivity index (χ1v) is 8.81. The van der Waals surface area contributed by atoms with Gasteiger partial charge in [0.15, 0.2) is 0 Å². The van der Waals surface area contributed by atoms with E-state index in [4.69, 9.17) is 0 Å². The molecule has 0 spiro atoms. The van der Waals surface area contributed by atoms with Crippen LogP contribution in [0.1, 0.15) is 12.6 Å². The Hall–Kier alpha value is -2.80. The van der Waals surface area contributed by atoms with Crippen LogP contribution < -0.4 is 10.9 Å². The number of hydrogen-bond donors (Lipinski definition) is 1. The molecule has 3 aromatic heterocycles. The highest BCUT2D eigenvalue weighted by Crippen LogP contribution is 2.21. The van der Waals surface area contributed by atoms with Crippen molar-refractivity contribution in [2.75, 3.05) is 0 Å². The van der Waals surface area contributed by atoms with E-state index in [0.29, 0.717) is 6.54 Å². The van der Waals surface area contributed by atoms with Crippen molar-refractivity contribution in [3.63, 3.8) is 0 Å². The second kappa shape index (κ2) is 7.85. The summed E-state index contributed by atoms with van der Waals surface area (Å²) in [6.45, 7) is 2.37. The lowest BCUT2D eigenvalue weighted by Gasteiger charge is -2.13. The quantitative estimate of drug-likeness (QED) is 0.737. The van der Waals surface area contributed by atoms with Gasteiger partial charge in [0.2, 0.25) is 5.91 Å². The average molecular weight is 354 g/mol. The molecule has 0 aliphatic rings. The minimum Gasteiger partial charge on any atom is -0.350 e. The Morgan fingerprint density at radius 2 is 2.12 bits per heavy atom. The molecular formula is C18H18N4O2S. The van der Waals surface area contributed by atoms with E-state index in [-0.39, 0.29) is 23.9 Å². The third kappa shape index (κ3) is 4.39. The van der Waals surface area contributed by atoms with Gasteiger partial charge >= 0.3 is 0 Å². The molecule has 3 heterocycles. The van der Waals surface area contributed by atoms with Crippen molar-refractivity contribution in [1.29, 1.82) is 0 Å². The fraction of sp³-hybridized carbons (Fsp3) is 0.222. The molecule has 0 bridgehead atoms. The van der Waals surface area contributed by atoms with Gasteiger partial charge in [-0.1, -0.05) is 19.1 Å². The standard InChI is InChI=1S/C18H18N4O2S/c1-13(18(24)20-11-14-5-2-3-9-19-14)12-22-17(23)8-7-15(21-22)16-6-4-10-25-16/h2-10,13H,11-12H2,1H3,(H,20,24). The molecule has 0 aliphatic carbocycles. The highest BCUT2D eigenvalue weighted by atomic mass is 32.1. The van der Waals surface area contributed by atoms with Crippen LogP contribution in [0.4, 0.5) is 0 Å². The van der Waals surface area contributed by atoms with Crippen LogP contribution in [0, 0.1) is 5.92 Å². The van der Waals surface area contributed by atoms with Gasteiger partial charge in [-0.05, 0) is 29.6 Å². The molecule has 1 unspecified atom stereocenters. The summed E-state index contributed by atoms with van der Waals surface area (Å²) in [5.41, 5.74) is 1.30. The lowest BCUT2D eigenvalue weighted by atomic mass is 10.1. The summed E-state index contributed by atoms with van der Waals surface area (Å²) in [7, 11) is 0. The molecule has 0 fully saturated rings. The maximum atomic E-state index is 12.3. The Balaban J connectivity index is 1.66. The van der Waals surface area contributed by atoms with Crippen LogP contribution >= 0.6 is 11.3 Å². The number of thiophene rings is 1. The van der Waals surface area contributed by atoms with E-state index in [9.17, 15) is 9.59 Å². The Morgan fingerprint density at radius 1 is 1.24 bits per heavy atom. The number of nitrogens with zero attached hydrogens (tertiary/aromatic N) is 3. The van der Waals surface area contributed by atoms with E-state index < -0.39 is 0 Å². The van der Waals surface area contributed by atoms with Crippen LogP contribution in [-0.2, 0) is 17.9 Å². The maximum absolute atomic E-state index is 12.3. The molecule has 7 heteroatoms. The van der Waals surface area contributed by atoms with Gasteiger partial charge in [-0.3, -0.25) is 14.6 Å². The van der Waals surface area contributed by atoms with E-state index >= 15 is 0 Å². The molecule has 0 aliphatic heterocycles. The molecule has 3 rings (SSSR count). The summed E-state index contributed by atoms with van der Waals surface area (Å²) < 4.78 is 1.35. The fourth-order valence-corrected chi connectivity index (χ4v) is 3.02. The highest BCUT2D eigenvalue weighted by Gasteiger charge is 2.15. The summed E-state index contributed by atoms with van der Waals surface area (Å²) in [5, 5.41) is 9.17. The molecule has 25 heavy (non-hydrogen) atoms. The molecule has 3 aromatic rings. The van der Waals surface area contributed by atoms with Gasteiger partial charge in [0.25, 0.3) is 5.56 Å². The van der Waals surface area contributed by atoms with Crippen molar-refractivity contribution in [2.24, 2.45) is 5.92 Å². The van der Waals surface area contributed by atoms with E-state index in [1.54, 1.807) is 30.5 Å². The first-order chi connectivity index (χ1) is 12.1. The molecule has 0 saturated carbocycles. The minimum atomic E-state index is -0.382. The first kappa shape index (κ1) is 17.0. The van der Waals surface area contributed by atoms with Gasteiger partial charge in [-0.15, -0.1) is 11.3 Å². The van der Waals surface area contributed by atoms with Crippen molar-refractivity contribution in [1.82, 2.24) is 20.1 Å². The Labute approximate surface area is 149 Å². The molecule has 128 valence electrons. The lowest BCUT2D eigenvalue weighted by Crippen LogP contribution is -2.34. The maximum Gasteiger partial charge on any atom is 0.266 e. The zero-order chi connectivity index (χ0) is 17.6. The number of nitrogens with one attached hydrogen (secondary N) is 1. The van der Waals surface area contributed by atoms with Crippen LogP contribution in [0.2, 0.25) is 0 Å². The molecule has 1 amide bonds. The molecule has 1 atom stereocenters. The van der Waals surface area contributed by atoms with Crippen LogP contribution in [0.3, 0.4) is 0 Å². The van der Waals surface area contributed by atoms with E-state index in [0.717, 1.165) is 16.3 Å². The zero-order valence-electron chi connectivity index (χ0n) is 13.8.